The molecule has 0 aromatic heterocycles. The van der Waals surface area contributed by atoms with E-state index in [1.54, 1.807) is 6.07 Å². The monoisotopic (exact) mass is 371 g/mol. The molecule has 0 amide bonds. The van der Waals surface area contributed by atoms with E-state index in [-0.39, 0.29) is 16.5 Å². The van der Waals surface area contributed by atoms with E-state index in [2.05, 4.69) is 0 Å². The average molecular weight is 372 g/mol. The zero-order valence-corrected chi connectivity index (χ0v) is 15.6. The number of hydrogen-bond donors (Lipinski definition) is 0. The molecule has 0 aliphatic carbocycles. The summed E-state index contributed by atoms with van der Waals surface area (Å²) in [6.45, 7) is 5.82. The number of benzene rings is 2. The van der Waals surface area contributed by atoms with Crippen molar-refractivity contribution in [1.82, 2.24) is 4.31 Å². The van der Waals surface area contributed by atoms with Crippen LogP contribution in [0.4, 0.5) is 0 Å². The number of nitrogens with zero attached hydrogens (tertiary/aromatic N) is 1. The second-order valence-corrected chi connectivity index (χ2v) is 8.92. The van der Waals surface area contributed by atoms with Crippen molar-refractivity contribution in [3.8, 4) is 0 Å². The Labute approximate surface area is 147 Å². The second-order valence-electron chi connectivity index (χ2n) is 6.24. The molecule has 23 heavy (non-hydrogen) atoms. The zero-order chi connectivity index (χ0) is 17.3. The molecule has 0 saturated heterocycles. The van der Waals surface area contributed by atoms with Crippen LogP contribution in [0.15, 0.2) is 53.4 Å². The van der Waals surface area contributed by atoms with Gasteiger partial charge in [-0.2, -0.15) is 4.31 Å². The third-order valence-electron chi connectivity index (χ3n) is 3.38. The first-order valence-electron chi connectivity index (χ1n) is 7.14. The Bertz CT molecular complexity index is 784. The highest BCUT2D eigenvalue weighted by atomic mass is 35.5. The Kier molecular flexibility index (Phi) is 5.41. The molecule has 0 radical (unpaired) electrons. The summed E-state index contributed by atoms with van der Waals surface area (Å²) >= 11 is 12.1. The van der Waals surface area contributed by atoms with Gasteiger partial charge in [0, 0.05) is 17.1 Å². The van der Waals surface area contributed by atoms with Crippen LogP contribution in [0.5, 0.6) is 0 Å². The Hall–Kier alpha value is -1.07. The highest BCUT2D eigenvalue weighted by Gasteiger charge is 2.35. The van der Waals surface area contributed by atoms with Crippen molar-refractivity contribution in [1.29, 1.82) is 0 Å². The molecule has 6 heteroatoms. The average Bonchev–Trinajstić information content (AvgIpc) is 2.47. The summed E-state index contributed by atoms with van der Waals surface area (Å²) in [5.74, 6) is 0. The Morgan fingerprint density at radius 1 is 1.00 bits per heavy atom. The number of sulfonamides is 1. The summed E-state index contributed by atoms with van der Waals surface area (Å²) in [6, 6.07) is 13.9. The van der Waals surface area contributed by atoms with Crippen molar-refractivity contribution in [2.24, 2.45) is 0 Å². The van der Waals surface area contributed by atoms with E-state index in [0.29, 0.717) is 5.02 Å². The highest BCUT2D eigenvalue weighted by molar-refractivity contribution is 7.89. The molecule has 2 aromatic rings. The van der Waals surface area contributed by atoms with Gasteiger partial charge in [-0.25, -0.2) is 8.42 Å². The van der Waals surface area contributed by atoms with E-state index in [4.69, 9.17) is 23.2 Å². The van der Waals surface area contributed by atoms with Crippen LogP contribution in [-0.4, -0.2) is 18.3 Å². The lowest BCUT2D eigenvalue weighted by Crippen LogP contribution is -2.45. The molecule has 0 aliphatic rings. The van der Waals surface area contributed by atoms with Crippen LogP contribution >= 0.6 is 23.2 Å². The predicted molar refractivity (Wildman–Crippen MR) is 95.4 cm³/mol. The third-order valence-corrected chi connectivity index (χ3v) is 6.21. The van der Waals surface area contributed by atoms with Crippen molar-refractivity contribution in [2.45, 2.75) is 37.8 Å². The lowest BCUT2D eigenvalue weighted by atomic mass is 10.1. The van der Waals surface area contributed by atoms with Crippen molar-refractivity contribution < 1.29 is 8.42 Å². The van der Waals surface area contributed by atoms with Gasteiger partial charge >= 0.3 is 0 Å². The maximum atomic E-state index is 13.1. The van der Waals surface area contributed by atoms with Crippen LogP contribution in [0, 0.1) is 0 Å². The zero-order valence-electron chi connectivity index (χ0n) is 13.3. The third kappa shape index (κ3) is 4.27. The summed E-state index contributed by atoms with van der Waals surface area (Å²) in [5, 5.41) is 0.498. The largest absolute Gasteiger partial charge is 0.245 e. The summed E-state index contributed by atoms with van der Waals surface area (Å²) in [5.41, 5.74) is 0.296. The molecule has 0 atom stereocenters. The van der Waals surface area contributed by atoms with Crippen LogP contribution in [0.1, 0.15) is 26.3 Å². The van der Waals surface area contributed by atoms with Crippen LogP contribution in [-0.2, 0) is 16.6 Å². The predicted octanol–water partition coefficient (Wildman–Crippen LogP) is 4.98. The van der Waals surface area contributed by atoms with Gasteiger partial charge in [-0.3, -0.25) is 0 Å². The van der Waals surface area contributed by atoms with Gasteiger partial charge in [0.25, 0.3) is 0 Å². The van der Waals surface area contributed by atoms with Gasteiger partial charge in [0.2, 0.25) is 10.0 Å². The minimum Gasteiger partial charge on any atom is -0.207 e. The lowest BCUT2D eigenvalue weighted by Gasteiger charge is -2.34. The standard InChI is InChI=1S/C17H19Cl2NO2S/c1-17(2,3)20(12-13-7-5-4-6-8-13)23(21,22)16-11-14(18)9-10-15(16)19/h4-11H,12H2,1-3H3. The van der Waals surface area contributed by atoms with Crippen LogP contribution in [0.2, 0.25) is 10.0 Å². The Morgan fingerprint density at radius 2 is 1.61 bits per heavy atom. The number of halogens is 2. The number of hydrogen-bond acceptors (Lipinski definition) is 2. The molecule has 2 aromatic carbocycles. The van der Waals surface area contributed by atoms with Crippen molar-refractivity contribution >= 4 is 33.2 Å². The first-order valence-corrected chi connectivity index (χ1v) is 9.34. The Morgan fingerprint density at radius 3 is 2.17 bits per heavy atom. The smallest absolute Gasteiger partial charge is 0.207 e. The van der Waals surface area contributed by atoms with Crippen LogP contribution in [0.3, 0.4) is 0 Å². The van der Waals surface area contributed by atoms with E-state index in [0.717, 1.165) is 5.56 Å². The van der Waals surface area contributed by atoms with E-state index >= 15 is 0 Å². The van der Waals surface area contributed by atoms with Gasteiger partial charge in [0.05, 0.1) is 5.02 Å². The van der Waals surface area contributed by atoms with Gasteiger partial charge in [-0.05, 0) is 44.5 Å². The molecule has 0 heterocycles. The molecule has 124 valence electrons. The minimum absolute atomic E-state index is 0.0255. The number of rotatable bonds is 4. The second kappa shape index (κ2) is 6.81. The SMILES string of the molecule is CC(C)(C)N(Cc1ccccc1)S(=O)(=O)c1cc(Cl)ccc1Cl. The van der Waals surface area contributed by atoms with Gasteiger partial charge in [0.15, 0.2) is 0 Å². The van der Waals surface area contributed by atoms with Crippen LogP contribution in [0.25, 0.3) is 0 Å². The highest BCUT2D eigenvalue weighted by Crippen LogP contribution is 2.32. The molecule has 3 nitrogen and oxygen atoms in total. The molecule has 0 saturated carbocycles. The maximum absolute atomic E-state index is 13.1. The molecule has 0 unspecified atom stereocenters. The van der Waals surface area contributed by atoms with Crippen molar-refractivity contribution in [3.05, 3.63) is 64.1 Å². The summed E-state index contributed by atoms with van der Waals surface area (Å²) in [4.78, 5) is 0.0255. The molecule has 0 bridgehead atoms. The van der Waals surface area contributed by atoms with Crippen molar-refractivity contribution in [3.63, 3.8) is 0 Å². The van der Waals surface area contributed by atoms with Gasteiger partial charge < -0.3 is 0 Å². The summed E-state index contributed by atoms with van der Waals surface area (Å²) < 4.78 is 27.7. The molecule has 0 fully saturated rings. The molecular formula is C17H19Cl2NO2S. The van der Waals surface area contributed by atoms with Crippen LogP contribution < -0.4 is 0 Å². The fraction of sp³-hybridized carbons (Fsp3) is 0.294. The van der Waals surface area contributed by atoms with E-state index in [9.17, 15) is 8.42 Å². The van der Waals surface area contributed by atoms with E-state index in [1.807, 2.05) is 51.1 Å². The van der Waals surface area contributed by atoms with Gasteiger partial charge in [-0.1, -0.05) is 53.5 Å². The Balaban J connectivity index is 2.52. The molecule has 0 N–H and O–H groups in total. The lowest BCUT2D eigenvalue weighted by molar-refractivity contribution is 0.242. The first kappa shape index (κ1) is 18.3. The summed E-state index contributed by atoms with van der Waals surface area (Å²) in [6.07, 6.45) is 0. The first-order chi connectivity index (χ1) is 10.6. The topological polar surface area (TPSA) is 37.4 Å². The minimum atomic E-state index is -3.79. The van der Waals surface area contributed by atoms with Crippen molar-refractivity contribution in [2.75, 3.05) is 0 Å². The maximum Gasteiger partial charge on any atom is 0.245 e. The quantitative estimate of drug-likeness (QED) is 0.759. The fourth-order valence-electron chi connectivity index (χ4n) is 2.23. The fourth-order valence-corrected chi connectivity index (χ4v) is 4.74. The van der Waals surface area contributed by atoms with Gasteiger partial charge in [-0.15, -0.1) is 0 Å². The molecular weight excluding hydrogens is 353 g/mol. The van der Waals surface area contributed by atoms with E-state index in [1.165, 1.54) is 16.4 Å². The molecule has 0 spiro atoms. The molecule has 0 aliphatic heterocycles. The van der Waals surface area contributed by atoms with Gasteiger partial charge in [0.1, 0.15) is 4.90 Å². The van der Waals surface area contributed by atoms with E-state index < -0.39 is 15.6 Å². The molecule has 2 rings (SSSR count). The summed E-state index contributed by atoms with van der Waals surface area (Å²) in [7, 11) is -3.79. The normalized spacial score (nSPS) is 12.6.